The molecule has 0 spiro atoms. The molecule has 2 rings (SSSR count). The van der Waals surface area contributed by atoms with Gasteiger partial charge in [-0.1, -0.05) is 0 Å². The maximum atomic E-state index is 11.2. The van der Waals surface area contributed by atoms with Gasteiger partial charge < -0.3 is 10.7 Å². The Hall–Kier alpha value is -1.59. The minimum atomic E-state index is -0.319. The number of nitrogens with two attached hydrogens (primary N) is 1. The Labute approximate surface area is 81.3 Å². The zero-order chi connectivity index (χ0) is 9.97. The Morgan fingerprint density at radius 2 is 2.00 bits per heavy atom. The number of piperidine rings is 1. The molecule has 6 heteroatoms. The van der Waals surface area contributed by atoms with Gasteiger partial charge in [-0.05, 0) is 19.3 Å². The van der Waals surface area contributed by atoms with Crippen LogP contribution >= 0.6 is 0 Å². The third-order valence-electron chi connectivity index (χ3n) is 2.41. The van der Waals surface area contributed by atoms with Crippen molar-refractivity contribution in [2.24, 2.45) is 0 Å². The van der Waals surface area contributed by atoms with E-state index >= 15 is 0 Å². The summed E-state index contributed by atoms with van der Waals surface area (Å²) in [4.78, 5) is 13.2. The Kier molecular flexibility index (Phi) is 2.34. The van der Waals surface area contributed by atoms with Crippen molar-refractivity contribution in [2.75, 3.05) is 23.8 Å². The van der Waals surface area contributed by atoms with Crippen LogP contribution in [0.1, 0.15) is 19.3 Å². The first-order valence-electron chi connectivity index (χ1n) is 4.74. The highest BCUT2D eigenvalue weighted by atomic mass is 16.1. The highest BCUT2D eigenvalue weighted by Gasteiger charge is 2.15. The van der Waals surface area contributed by atoms with Crippen LogP contribution in [-0.4, -0.2) is 28.0 Å². The van der Waals surface area contributed by atoms with Gasteiger partial charge in [-0.3, -0.25) is 4.79 Å². The van der Waals surface area contributed by atoms with Crippen LogP contribution in [0.25, 0.3) is 0 Å². The van der Waals surface area contributed by atoms with E-state index in [-0.39, 0.29) is 5.56 Å². The molecule has 0 radical (unpaired) electrons. The normalized spacial score (nSPS) is 17.0. The first-order valence-corrected chi connectivity index (χ1v) is 4.74. The minimum Gasteiger partial charge on any atom is -0.339 e. The zero-order valence-corrected chi connectivity index (χ0v) is 7.89. The van der Waals surface area contributed by atoms with Crippen molar-refractivity contribution in [1.29, 1.82) is 0 Å². The molecule has 0 unspecified atom stereocenters. The Morgan fingerprint density at radius 3 is 2.71 bits per heavy atom. The lowest BCUT2D eigenvalue weighted by Crippen LogP contribution is -2.39. The molecule has 0 amide bonds. The lowest BCUT2D eigenvalue weighted by atomic mass is 10.1. The maximum Gasteiger partial charge on any atom is 0.292 e. The summed E-state index contributed by atoms with van der Waals surface area (Å²) in [6, 6.07) is 0. The van der Waals surface area contributed by atoms with Gasteiger partial charge in [0.15, 0.2) is 0 Å². The molecule has 0 atom stereocenters. The number of rotatable bonds is 1. The monoisotopic (exact) mass is 195 g/mol. The summed E-state index contributed by atoms with van der Waals surface area (Å²) in [7, 11) is 0. The highest BCUT2D eigenvalue weighted by Crippen LogP contribution is 2.13. The second kappa shape index (κ2) is 3.65. The zero-order valence-electron chi connectivity index (χ0n) is 7.89. The van der Waals surface area contributed by atoms with Crippen LogP contribution in [0.15, 0.2) is 11.0 Å². The standard InChI is InChI=1S/C8H13N5O/c9-13-7(14)6-10-11-8(13)12-4-2-1-3-5-12/h6H,1-5,9H2. The van der Waals surface area contributed by atoms with Crippen molar-refractivity contribution >= 4 is 5.95 Å². The summed E-state index contributed by atoms with van der Waals surface area (Å²) < 4.78 is 1.05. The third-order valence-corrected chi connectivity index (χ3v) is 2.41. The number of nitrogen functional groups attached to an aromatic ring is 1. The van der Waals surface area contributed by atoms with E-state index in [1.165, 1.54) is 6.42 Å². The van der Waals surface area contributed by atoms with Crippen molar-refractivity contribution in [2.45, 2.75) is 19.3 Å². The molecule has 2 N–H and O–H groups in total. The topological polar surface area (TPSA) is 77.0 Å². The van der Waals surface area contributed by atoms with Gasteiger partial charge in [0.25, 0.3) is 5.56 Å². The molecule has 6 nitrogen and oxygen atoms in total. The van der Waals surface area contributed by atoms with E-state index in [0.29, 0.717) is 5.95 Å². The summed E-state index contributed by atoms with van der Waals surface area (Å²) in [6.45, 7) is 1.80. The molecular weight excluding hydrogens is 182 g/mol. The maximum absolute atomic E-state index is 11.2. The average Bonchev–Trinajstić information content (AvgIpc) is 2.23. The molecule has 76 valence electrons. The van der Waals surface area contributed by atoms with E-state index in [1.54, 1.807) is 0 Å². The SMILES string of the molecule is Nn1c(N2CCCCC2)nncc1=O. The van der Waals surface area contributed by atoms with Crippen molar-refractivity contribution < 1.29 is 0 Å². The van der Waals surface area contributed by atoms with Gasteiger partial charge in [0.2, 0.25) is 5.95 Å². The van der Waals surface area contributed by atoms with Gasteiger partial charge in [0, 0.05) is 13.1 Å². The lowest BCUT2D eigenvalue weighted by Gasteiger charge is -2.27. The van der Waals surface area contributed by atoms with Crippen LogP contribution in [0.4, 0.5) is 5.95 Å². The molecule has 1 aromatic rings. The number of anilines is 1. The molecular formula is C8H13N5O. The molecule has 0 aromatic carbocycles. The summed E-state index contributed by atoms with van der Waals surface area (Å²) >= 11 is 0. The fourth-order valence-electron chi connectivity index (χ4n) is 1.65. The summed E-state index contributed by atoms with van der Waals surface area (Å²) in [6.07, 6.45) is 4.58. The quantitative estimate of drug-likeness (QED) is 0.602. The molecule has 1 fully saturated rings. The van der Waals surface area contributed by atoms with E-state index in [0.717, 1.165) is 36.8 Å². The van der Waals surface area contributed by atoms with Gasteiger partial charge in [-0.2, -0.15) is 4.68 Å². The minimum absolute atomic E-state index is 0.319. The number of aromatic nitrogens is 3. The van der Waals surface area contributed by atoms with E-state index in [1.807, 2.05) is 4.90 Å². The van der Waals surface area contributed by atoms with E-state index < -0.39 is 0 Å². The summed E-state index contributed by atoms with van der Waals surface area (Å²) in [5.74, 6) is 6.04. The van der Waals surface area contributed by atoms with Gasteiger partial charge in [-0.15, -0.1) is 10.2 Å². The van der Waals surface area contributed by atoms with E-state index in [2.05, 4.69) is 10.2 Å². The van der Waals surface area contributed by atoms with Crippen LogP contribution in [-0.2, 0) is 0 Å². The Morgan fingerprint density at radius 1 is 1.29 bits per heavy atom. The molecule has 2 heterocycles. The predicted octanol–water partition coefficient (Wildman–Crippen LogP) is -0.658. The van der Waals surface area contributed by atoms with Gasteiger partial charge >= 0.3 is 0 Å². The average molecular weight is 195 g/mol. The summed E-state index contributed by atoms with van der Waals surface area (Å²) in [5, 5.41) is 7.49. The second-order valence-electron chi connectivity index (χ2n) is 3.40. The molecule has 14 heavy (non-hydrogen) atoms. The first kappa shape index (κ1) is 8.98. The van der Waals surface area contributed by atoms with Gasteiger partial charge in [0.1, 0.15) is 6.20 Å². The first-order chi connectivity index (χ1) is 6.79. The smallest absolute Gasteiger partial charge is 0.292 e. The lowest BCUT2D eigenvalue weighted by molar-refractivity contribution is 0.555. The number of hydrogen-bond donors (Lipinski definition) is 1. The molecule has 1 saturated heterocycles. The van der Waals surface area contributed by atoms with Crippen LogP contribution in [0.5, 0.6) is 0 Å². The van der Waals surface area contributed by atoms with E-state index in [4.69, 9.17) is 5.84 Å². The molecule has 1 aromatic heterocycles. The van der Waals surface area contributed by atoms with Crippen LogP contribution < -0.4 is 16.3 Å². The predicted molar refractivity (Wildman–Crippen MR) is 52.5 cm³/mol. The molecule has 1 aliphatic heterocycles. The van der Waals surface area contributed by atoms with Crippen LogP contribution in [0, 0.1) is 0 Å². The fraction of sp³-hybridized carbons (Fsp3) is 0.625. The number of hydrogen-bond acceptors (Lipinski definition) is 5. The second-order valence-corrected chi connectivity index (χ2v) is 3.40. The molecule has 0 aliphatic carbocycles. The largest absolute Gasteiger partial charge is 0.339 e. The van der Waals surface area contributed by atoms with Gasteiger partial charge in [-0.25, -0.2) is 0 Å². The third kappa shape index (κ3) is 1.55. The van der Waals surface area contributed by atoms with Crippen LogP contribution in [0.2, 0.25) is 0 Å². The van der Waals surface area contributed by atoms with Crippen molar-refractivity contribution in [3.63, 3.8) is 0 Å². The molecule has 0 bridgehead atoms. The molecule has 0 saturated carbocycles. The van der Waals surface area contributed by atoms with Crippen molar-refractivity contribution in [1.82, 2.24) is 14.9 Å². The van der Waals surface area contributed by atoms with Crippen molar-refractivity contribution in [3.05, 3.63) is 16.6 Å². The molecule has 1 aliphatic rings. The fourth-order valence-corrected chi connectivity index (χ4v) is 1.65. The summed E-state index contributed by atoms with van der Waals surface area (Å²) in [5.41, 5.74) is -0.319. The Bertz CT molecular complexity index is 368. The number of nitrogens with zero attached hydrogens (tertiary/aromatic N) is 4. The van der Waals surface area contributed by atoms with Crippen LogP contribution in [0.3, 0.4) is 0 Å². The van der Waals surface area contributed by atoms with E-state index in [9.17, 15) is 4.79 Å². The van der Waals surface area contributed by atoms with Crippen molar-refractivity contribution in [3.8, 4) is 0 Å². The Balaban J connectivity index is 2.30. The van der Waals surface area contributed by atoms with Gasteiger partial charge in [0.05, 0.1) is 0 Å². The highest BCUT2D eigenvalue weighted by molar-refractivity contribution is 5.29.